The number of hydrogen-bond acceptors (Lipinski definition) is 4. The summed E-state index contributed by atoms with van der Waals surface area (Å²) in [4.78, 5) is 0. The third kappa shape index (κ3) is 2.78. The molecule has 2 heterocycles. The van der Waals surface area contributed by atoms with Crippen molar-refractivity contribution in [3.8, 4) is 0 Å². The van der Waals surface area contributed by atoms with Gasteiger partial charge in [-0.05, 0) is 48.5 Å². The number of aromatic nitrogens is 2. The van der Waals surface area contributed by atoms with Crippen LogP contribution in [0.4, 0.5) is 0 Å². The van der Waals surface area contributed by atoms with Crippen LogP contribution in [0.5, 0.6) is 0 Å². The second-order valence-electron chi connectivity index (χ2n) is 7.24. The summed E-state index contributed by atoms with van der Waals surface area (Å²) in [5.41, 5.74) is 0.369. The Hall–Kier alpha value is -0.845. The molecule has 0 unspecified atom stereocenters. The molecule has 0 amide bonds. The van der Waals surface area contributed by atoms with E-state index in [2.05, 4.69) is 5.10 Å². The first kappa shape index (κ1) is 15.5. The van der Waals surface area contributed by atoms with Gasteiger partial charge in [-0.25, -0.2) is 0 Å². The van der Waals surface area contributed by atoms with Crippen molar-refractivity contribution < 1.29 is 14.4 Å². The first-order valence-electron chi connectivity index (χ1n) is 7.03. The summed E-state index contributed by atoms with van der Waals surface area (Å²) in [6, 6.07) is 0. The molecule has 1 aromatic heterocycles. The largest absolute Gasteiger partial charge is 0.498 e. The van der Waals surface area contributed by atoms with Gasteiger partial charge in [-0.1, -0.05) is 0 Å². The monoisotopic (exact) mass is 280 g/mol. The molecule has 0 aromatic carbocycles. The van der Waals surface area contributed by atoms with Crippen molar-refractivity contribution in [2.75, 3.05) is 0 Å². The van der Waals surface area contributed by atoms with Crippen molar-refractivity contribution in [3.05, 3.63) is 11.9 Å². The van der Waals surface area contributed by atoms with E-state index in [1.165, 1.54) is 0 Å². The van der Waals surface area contributed by atoms with Gasteiger partial charge in [0.05, 0.1) is 23.3 Å². The molecule has 1 aliphatic heterocycles. The Bertz CT molecular complexity index is 487. The van der Waals surface area contributed by atoms with Crippen LogP contribution < -0.4 is 5.46 Å². The van der Waals surface area contributed by atoms with Gasteiger partial charge in [-0.3, -0.25) is 4.68 Å². The lowest BCUT2D eigenvalue weighted by atomic mass is 9.79. The maximum atomic E-state index is 9.91. The van der Waals surface area contributed by atoms with E-state index in [4.69, 9.17) is 9.31 Å². The maximum Gasteiger partial charge on any atom is 0.498 e. The van der Waals surface area contributed by atoms with Crippen molar-refractivity contribution in [1.29, 1.82) is 0 Å². The zero-order valence-corrected chi connectivity index (χ0v) is 13.5. The summed E-state index contributed by atoms with van der Waals surface area (Å²) in [6.07, 6.45) is 1.77. The minimum Gasteiger partial charge on any atom is -0.399 e. The second kappa shape index (κ2) is 4.58. The average molecular weight is 280 g/mol. The third-order valence-electron chi connectivity index (χ3n) is 4.19. The molecule has 6 heteroatoms. The van der Waals surface area contributed by atoms with Crippen LogP contribution in [0.25, 0.3) is 0 Å². The van der Waals surface area contributed by atoms with Gasteiger partial charge in [0.25, 0.3) is 0 Å². The molecule has 1 aromatic rings. The molecular formula is C14H25BN2O3. The lowest BCUT2D eigenvalue weighted by molar-refractivity contribution is 0.00578. The van der Waals surface area contributed by atoms with Crippen molar-refractivity contribution in [2.24, 2.45) is 0 Å². The molecule has 20 heavy (non-hydrogen) atoms. The van der Waals surface area contributed by atoms with E-state index in [1.807, 2.05) is 34.6 Å². The second-order valence-corrected chi connectivity index (χ2v) is 7.24. The van der Waals surface area contributed by atoms with Crippen molar-refractivity contribution >= 4 is 12.6 Å². The molecule has 0 bridgehead atoms. The molecule has 1 N–H and O–H groups in total. The van der Waals surface area contributed by atoms with Crippen LogP contribution in [0.3, 0.4) is 0 Å². The Morgan fingerprint density at radius 1 is 1.25 bits per heavy atom. The van der Waals surface area contributed by atoms with Crippen molar-refractivity contribution in [2.45, 2.75) is 71.8 Å². The summed E-state index contributed by atoms with van der Waals surface area (Å²) < 4.78 is 13.9. The minimum absolute atomic E-state index is 0.359. The summed E-state index contributed by atoms with van der Waals surface area (Å²) >= 11 is 0. The van der Waals surface area contributed by atoms with E-state index in [0.717, 1.165) is 11.2 Å². The molecule has 2 rings (SSSR count). The standard InChI is InChI=1S/C14H25BN2O3/c1-10-11(8-16-17(10)9-12(2,3)18)15-19-13(4,5)14(6,7)20-15/h8,18H,9H2,1-7H3. The summed E-state index contributed by atoms with van der Waals surface area (Å²) in [6.45, 7) is 14.1. The smallest absolute Gasteiger partial charge is 0.399 e. The van der Waals surface area contributed by atoms with Crippen molar-refractivity contribution in [3.63, 3.8) is 0 Å². The van der Waals surface area contributed by atoms with E-state index < -0.39 is 12.7 Å². The van der Waals surface area contributed by atoms with Crippen LogP contribution in [-0.4, -0.2) is 38.8 Å². The van der Waals surface area contributed by atoms with Gasteiger partial charge in [0, 0.05) is 17.4 Å². The number of aliphatic hydroxyl groups is 1. The van der Waals surface area contributed by atoms with Crippen LogP contribution in [0, 0.1) is 6.92 Å². The number of rotatable bonds is 3. The molecule has 0 atom stereocenters. The normalized spacial score (nSPS) is 21.5. The molecule has 1 fully saturated rings. The van der Waals surface area contributed by atoms with Gasteiger partial charge in [-0.2, -0.15) is 5.10 Å². The minimum atomic E-state index is -0.802. The lowest BCUT2D eigenvalue weighted by Gasteiger charge is -2.32. The first-order valence-corrected chi connectivity index (χ1v) is 7.03. The van der Waals surface area contributed by atoms with E-state index in [1.54, 1.807) is 24.7 Å². The zero-order chi connectivity index (χ0) is 15.3. The molecule has 112 valence electrons. The van der Waals surface area contributed by atoms with Crippen LogP contribution in [0.1, 0.15) is 47.2 Å². The van der Waals surface area contributed by atoms with Gasteiger partial charge >= 0.3 is 7.12 Å². The van der Waals surface area contributed by atoms with E-state index in [9.17, 15) is 5.11 Å². The first-order chi connectivity index (χ1) is 8.93. The van der Waals surface area contributed by atoms with Crippen LogP contribution in [0.2, 0.25) is 0 Å². The van der Waals surface area contributed by atoms with E-state index in [-0.39, 0.29) is 11.2 Å². The van der Waals surface area contributed by atoms with Crippen molar-refractivity contribution in [1.82, 2.24) is 9.78 Å². The number of nitrogens with zero attached hydrogens (tertiary/aromatic N) is 2. The molecular weight excluding hydrogens is 255 g/mol. The van der Waals surface area contributed by atoms with E-state index in [0.29, 0.717) is 6.54 Å². The molecule has 1 aliphatic rings. The fourth-order valence-electron chi connectivity index (χ4n) is 2.19. The van der Waals surface area contributed by atoms with Gasteiger partial charge in [0.15, 0.2) is 0 Å². The highest BCUT2D eigenvalue weighted by atomic mass is 16.7. The molecule has 0 aliphatic carbocycles. The number of hydrogen-bond donors (Lipinski definition) is 1. The molecule has 1 saturated heterocycles. The maximum absolute atomic E-state index is 9.91. The van der Waals surface area contributed by atoms with Gasteiger partial charge in [0.2, 0.25) is 0 Å². The zero-order valence-electron chi connectivity index (χ0n) is 13.5. The molecule has 0 spiro atoms. The molecule has 0 saturated carbocycles. The van der Waals surface area contributed by atoms with Crippen LogP contribution in [-0.2, 0) is 15.9 Å². The Balaban J connectivity index is 2.24. The lowest BCUT2D eigenvalue weighted by Crippen LogP contribution is -2.41. The fraction of sp³-hybridized carbons (Fsp3) is 0.786. The topological polar surface area (TPSA) is 56.5 Å². The SMILES string of the molecule is Cc1c(B2OC(C)(C)C(C)(C)O2)cnn1CC(C)(C)O. The highest BCUT2D eigenvalue weighted by Gasteiger charge is 2.52. The summed E-state index contributed by atoms with van der Waals surface area (Å²) in [7, 11) is -0.407. The van der Waals surface area contributed by atoms with Gasteiger partial charge < -0.3 is 14.4 Å². The Kier molecular flexibility index (Phi) is 3.56. The Labute approximate surface area is 121 Å². The Morgan fingerprint density at radius 3 is 2.20 bits per heavy atom. The molecule has 5 nitrogen and oxygen atoms in total. The molecule has 0 radical (unpaired) electrons. The predicted molar refractivity (Wildman–Crippen MR) is 79.0 cm³/mol. The average Bonchev–Trinajstić information content (AvgIpc) is 2.65. The quantitative estimate of drug-likeness (QED) is 0.847. The summed E-state index contributed by atoms with van der Waals surface area (Å²) in [5, 5.41) is 14.3. The highest BCUT2D eigenvalue weighted by molar-refractivity contribution is 6.62. The summed E-state index contributed by atoms with van der Waals surface area (Å²) in [5.74, 6) is 0. The van der Waals surface area contributed by atoms with Gasteiger partial charge in [0.1, 0.15) is 0 Å². The van der Waals surface area contributed by atoms with E-state index >= 15 is 0 Å². The predicted octanol–water partition coefficient (Wildman–Crippen LogP) is 1.26. The van der Waals surface area contributed by atoms with Crippen LogP contribution >= 0.6 is 0 Å². The fourth-order valence-corrected chi connectivity index (χ4v) is 2.19. The highest BCUT2D eigenvalue weighted by Crippen LogP contribution is 2.36. The van der Waals surface area contributed by atoms with Gasteiger partial charge in [-0.15, -0.1) is 0 Å². The third-order valence-corrected chi connectivity index (χ3v) is 4.19. The Morgan fingerprint density at radius 2 is 1.75 bits per heavy atom. The van der Waals surface area contributed by atoms with Crippen LogP contribution in [0.15, 0.2) is 6.20 Å².